The van der Waals surface area contributed by atoms with Crippen LogP contribution in [0.15, 0.2) is 24.3 Å². The van der Waals surface area contributed by atoms with Crippen LogP contribution in [-0.4, -0.2) is 42.4 Å². The second-order valence-corrected chi connectivity index (χ2v) is 4.35. The van der Waals surface area contributed by atoms with Crippen molar-refractivity contribution in [3.8, 4) is 5.75 Å². The maximum atomic E-state index is 13.2. The fourth-order valence-corrected chi connectivity index (χ4v) is 1.99. The summed E-state index contributed by atoms with van der Waals surface area (Å²) in [5, 5.41) is 9.36. The molecule has 0 radical (unpaired) electrons. The van der Waals surface area contributed by atoms with Gasteiger partial charge in [0.2, 0.25) is 0 Å². The molecule has 1 N–H and O–H groups in total. The zero-order valence-corrected chi connectivity index (χ0v) is 9.81. The molecule has 0 spiro atoms. The molecule has 1 aromatic carbocycles. The van der Waals surface area contributed by atoms with Gasteiger partial charge in [-0.25, -0.2) is 4.39 Å². The van der Waals surface area contributed by atoms with E-state index in [4.69, 9.17) is 4.74 Å². The highest BCUT2D eigenvalue weighted by Gasteiger charge is 2.16. The lowest BCUT2D eigenvalue weighted by molar-refractivity contribution is 0.0752. The van der Waals surface area contributed by atoms with Crippen molar-refractivity contribution in [3.05, 3.63) is 30.1 Å². The number of likely N-dealkylation sites (tertiary alicyclic amines) is 1. The van der Waals surface area contributed by atoms with Crippen molar-refractivity contribution in [1.29, 1.82) is 0 Å². The molecule has 1 heterocycles. The summed E-state index contributed by atoms with van der Waals surface area (Å²) in [6.45, 7) is 3.04. The van der Waals surface area contributed by atoms with E-state index in [0.717, 1.165) is 32.5 Å². The normalized spacial score (nSPS) is 18.2. The Morgan fingerprint density at radius 1 is 1.29 bits per heavy atom. The number of piperidine rings is 1. The van der Waals surface area contributed by atoms with E-state index >= 15 is 0 Å². The van der Waals surface area contributed by atoms with Crippen molar-refractivity contribution in [3.63, 3.8) is 0 Å². The van der Waals surface area contributed by atoms with E-state index in [1.54, 1.807) is 18.2 Å². The zero-order valence-electron chi connectivity index (χ0n) is 9.81. The average molecular weight is 239 g/mol. The van der Waals surface area contributed by atoms with Crippen molar-refractivity contribution in [2.75, 3.05) is 26.2 Å². The van der Waals surface area contributed by atoms with E-state index in [2.05, 4.69) is 4.90 Å². The fourth-order valence-electron chi connectivity index (χ4n) is 1.99. The van der Waals surface area contributed by atoms with Gasteiger partial charge >= 0.3 is 0 Å². The Balaban J connectivity index is 1.71. The second-order valence-electron chi connectivity index (χ2n) is 4.35. The average Bonchev–Trinajstić information content (AvgIpc) is 2.34. The van der Waals surface area contributed by atoms with Gasteiger partial charge in [0.15, 0.2) is 11.6 Å². The molecular weight excluding hydrogens is 221 g/mol. The standard InChI is InChI=1S/C13H18FNO2/c14-12-3-1-2-4-13(12)17-10-9-15-7-5-11(16)6-8-15/h1-4,11,16H,5-10H2. The van der Waals surface area contributed by atoms with Gasteiger partial charge in [-0.3, -0.25) is 4.90 Å². The Hall–Kier alpha value is -1.13. The van der Waals surface area contributed by atoms with E-state index in [0.29, 0.717) is 12.4 Å². The van der Waals surface area contributed by atoms with E-state index in [1.165, 1.54) is 6.07 Å². The molecule has 17 heavy (non-hydrogen) atoms. The first-order valence-electron chi connectivity index (χ1n) is 6.03. The Bertz CT molecular complexity index is 351. The van der Waals surface area contributed by atoms with Gasteiger partial charge in [-0.1, -0.05) is 12.1 Å². The van der Waals surface area contributed by atoms with Crippen LogP contribution in [0.5, 0.6) is 5.75 Å². The molecule has 2 rings (SSSR count). The van der Waals surface area contributed by atoms with Gasteiger partial charge < -0.3 is 9.84 Å². The maximum absolute atomic E-state index is 13.2. The number of benzene rings is 1. The van der Waals surface area contributed by atoms with Gasteiger partial charge in [0, 0.05) is 19.6 Å². The molecule has 0 aliphatic carbocycles. The van der Waals surface area contributed by atoms with Gasteiger partial charge in [0.05, 0.1) is 6.10 Å². The van der Waals surface area contributed by atoms with Gasteiger partial charge in [-0.15, -0.1) is 0 Å². The molecule has 1 fully saturated rings. The Morgan fingerprint density at radius 2 is 2.00 bits per heavy atom. The third kappa shape index (κ3) is 3.68. The van der Waals surface area contributed by atoms with Gasteiger partial charge in [-0.2, -0.15) is 0 Å². The molecule has 3 nitrogen and oxygen atoms in total. The molecule has 1 saturated heterocycles. The molecular formula is C13H18FNO2. The van der Waals surface area contributed by atoms with E-state index in [9.17, 15) is 9.50 Å². The summed E-state index contributed by atoms with van der Waals surface area (Å²) in [6, 6.07) is 6.44. The number of halogens is 1. The summed E-state index contributed by atoms with van der Waals surface area (Å²) in [4.78, 5) is 2.23. The molecule has 0 bridgehead atoms. The minimum Gasteiger partial charge on any atom is -0.489 e. The van der Waals surface area contributed by atoms with Gasteiger partial charge in [0.1, 0.15) is 6.61 Å². The van der Waals surface area contributed by atoms with Crippen molar-refractivity contribution in [1.82, 2.24) is 4.90 Å². The quantitative estimate of drug-likeness (QED) is 0.867. The lowest BCUT2D eigenvalue weighted by Gasteiger charge is -2.29. The summed E-state index contributed by atoms with van der Waals surface area (Å²) < 4.78 is 18.6. The van der Waals surface area contributed by atoms with Crippen LogP contribution in [0.2, 0.25) is 0 Å². The molecule has 4 heteroatoms. The summed E-state index contributed by atoms with van der Waals surface area (Å²) in [5.41, 5.74) is 0. The molecule has 0 amide bonds. The molecule has 0 unspecified atom stereocenters. The monoisotopic (exact) mass is 239 g/mol. The van der Waals surface area contributed by atoms with Crippen LogP contribution in [0.25, 0.3) is 0 Å². The largest absolute Gasteiger partial charge is 0.489 e. The van der Waals surface area contributed by atoms with Crippen molar-refractivity contribution < 1.29 is 14.2 Å². The fraction of sp³-hybridized carbons (Fsp3) is 0.538. The lowest BCUT2D eigenvalue weighted by Crippen LogP contribution is -2.38. The minimum atomic E-state index is -0.318. The highest BCUT2D eigenvalue weighted by molar-refractivity contribution is 5.23. The predicted molar refractivity (Wildman–Crippen MR) is 63.6 cm³/mol. The van der Waals surface area contributed by atoms with Crippen LogP contribution < -0.4 is 4.74 Å². The van der Waals surface area contributed by atoms with E-state index < -0.39 is 0 Å². The number of para-hydroxylation sites is 1. The first-order chi connectivity index (χ1) is 8.25. The Morgan fingerprint density at radius 3 is 2.71 bits per heavy atom. The minimum absolute atomic E-state index is 0.154. The van der Waals surface area contributed by atoms with Crippen LogP contribution in [-0.2, 0) is 0 Å². The van der Waals surface area contributed by atoms with Crippen molar-refractivity contribution in [2.24, 2.45) is 0 Å². The van der Waals surface area contributed by atoms with Crippen LogP contribution in [0, 0.1) is 5.82 Å². The third-order valence-corrected chi connectivity index (χ3v) is 3.06. The van der Waals surface area contributed by atoms with Crippen molar-refractivity contribution in [2.45, 2.75) is 18.9 Å². The number of rotatable bonds is 4. The summed E-state index contributed by atoms with van der Waals surface area (Å²) in [6.07, 6.45) is 1.48. The number of ether oxygens (including phenoxy) is 1. The Labute approximate surface area is 101 Å². The topological polar surface area (TPSA) is 32.7 Å². The highest BCUT2D eigenvalue weighted by Crippen LogP contribution is 2.15. The molecule has 94 valence electrons. The van der Waals surface area contributed by atoms with E-state index in [-0.39, 0.29) is 11.9 Å². The molecule has 0 saturated carbocycles. The number of nitrogens with zero attached hydrogens (tertiary/aromatic N) is 1. The molecule has 1 aromatic rings. The smallest absolute Gasteiger partial charge is 0.165 e. The van der Waals surface area contributed by atoms with Gasteiger partial charge in [0.25, 0.3) is 0 Å². The summed E-state index contributed by atoms with van der Waals surface area (Å²) in [5.74, 6) is -0.00823. The van der Waals surface area contributed by atoms with Crippen LogP contribution in [0.3, 0.4) is 0 Å². The predicted octanol–water partition coefficient (Wildman–Crippen LogP) is 1.66. The lowest BCUT2D eigenvalue weighted by atomic mass is 10.1. The number of hydrogen-bond acceptors (Lipinski definition) is 3. The number of hydrogen-bond donors (Lipinski definition) is 1. The Kier molecular flexibility index (Phi) is 4.34. The SMILES string of the molecule is OC1CCN(CCOc2ccccc2F)CC1. The van der Waals surface area contributed by atoms with Gasteiger partial charge in [-0.05, 0) is 25.0 Å². The molecule has 1 aliphatic heterocycles. The molecule has 1 aliphatic rings. The van der Waals surface area contributed by atoms with Crippen molar-refractivity contribution >= 4 is 0 Å². The maximum Gasteiger partial charge on any atom is 0.165 e. The first kappa shape index (κ1) is 12.3. The number of aliphatic hydroxyl groups excluding tert-OH is 1. The number of aliphatic hydroxyl groups is 1. The van der Waals surface area contributed by atoms with Crippen LogP contribution in [0.4, 0.5) is 4.39 Å². The second kappa shape index (κ2) is 5.98. The highest BCUT2D eigenvalue weighted by atomic mass is 19.1. The van der Waals surface area contributed by atoms with E-state index in [1.807, 2.05) is 0 Å². The molecule has 0 atom stereocenters. The summed E-state index contributed by atoms with van der Waals surface area (Å²) >= 11 is 0. The first-order valence-corrected chi connectivity index (χ1v) is 6.03. The third-order valence-electron chi connectivity index (χ3n) is 3.06. The molecule has 0 aromatic heterocycles. The summed E-state index contributed by atoms with van der Waals surface area (Å²) in [7, 11) is 0. The zero-order chi connectivity index (χ0) is 12.1. The van der Waals surface area contributed by atoms with Crippen LogP contribution >= 0.6 is 0 Å². The van der Waals surface area contributed by atoms with Crippen LogP contribution in [0.1, 0.15) is 12.8 Å².